The van der Waals surface area contributed by atoms with Gasteiger partial charge < -0.3 is 4.74 Å². The molecule has 3 atom stereocenters. The average Bonchev–Trinajstić information content (AvgIpc) is 2.79. The normalized spacial score (nSPS) is 30.5. The number of ether oxygens (including phenoxy) is 1. The SMILES string of the molecule is C=C1CN2O[C@@H]3C=CC(Br)=C2C3[C@](C(=O)OC)(c2ccc(F)cc2)C1. The van der Waals surface area contributed by atoms with E-state index in [9.17, 15) is 9.18 Å². The monoisotopic (exact) mass is 405 g/mol. The molecule has 4 nitrogen and oxygen atoms in total. The molecule has 25 heavy (non-hydrogen) atoms. The summed E-state index contributed by atoms with van der Waals surface area (Å²) in [5.41, 5.74) is 1.45. The molecule has 2 aliphatic heterocycles. The summed E-state index contributed by atoms with van der Waals surface area (Å²) in [7, 11) is 1.38. The number of nitrogens with zero attached hydrogens (tertiary/aromatic N) is 1. The summed E-state index contributed by atoms with van der Waals surface area (Å²) in [6, 6.07) is 6.05. The summed E-state index contributed by atoms with van der Waals surface area (Å²) in [4.78, 5) is 19.1. The number of rotatable bonds is 2. The minimum absolute atomic E-state index is 0.274. The topological polar surface area (TPSA) is 38.8 Å². The van der Waals surface area contributed by atoms with Crippen molar-refractivity contribution in [3.8, 4) is 0 Å². The number of hydrogen-bond acceptors (Lipinski definition) is 4. The van der Waals surface area contributed by atoms with Crippen molar-refractivity contribution in [3.05, 3.63) is 70.1 Å². The Kier molecular flexibility index (Phi) is 3.85. The number of allylic oxidation sites excluding steroid dienone is 2. The molecule has 0 radical (unpaired) electrons. The van der Waals surface area contributed by atoms with Crippen molar-refractivity contribution in [2.45, 2.75) is 17.9 Å². The predicted molar refractivity (Wildman–Crippen MR) is 94.0 cm³/mol. The maximum atomic E-state index is 13.5. The van der Waals surface area contributed by atoms with E-state index in [1.807, 2.05) is 12.2 Å². The molecule has 6 heteroatoms. The Labute approximate surface area is 153 Å². The zero-order chi connectivity index (χ0) is 17.8. The van der Waals surface area contributed by atoms with E-state index < -0.39 is 5.41 Å². The van der Waals surface area contributed by atoms with E-state index in [4.69, 9.17) is 9.57 Å². The van der Waals surface area contributed by atoms with Crippen LogP contribution in [0.2, 0.25) is 0 Å². The molecule has 2 fully saturated rings. The Hall–Kier alpha value is -1.92. The Morgan fingerprint density at radius 2 is 2.16 bits per heavy atom. The van der Waals surface area contributed by atoms with E-state index in [1.165, 1.54) is 19.2 Å². The van der Waals surface area contributed by atoms with Crippen molar-refractivity contribution < 1.29 is 18.8 Å². The summed E-state index contributed by atoms with van der Waals surface area (Å²) in [5, 5.41) is 1.80. The Bertz CT molecular complexity index is 816. The summed E-state index contributed by atoms with van der Waals surface area (Å²) >= 11 is 3.59. The van der Waals surface area contributed by atoms with E-state index in [2.05, 4.69) is 22.5 Å². The van der Waals surface area contributed by atoms with Crippen LogP contribution in [0.3, 0.4) is 0 Å². The van der Waals surface area contributed by atoms with Crippen LogP contribution in [0.1, 0.15) is 12.0 Å². The molecule has 2 saturated heterocycles. The molecule has 1 aromatic rings. The fourth-order valence-corrected chi connectivity index (χ4v) is 4.78. The second kappa shape index (κ2) is 5.81. The predicted octanol–water partition coefficient (Wildman–Crippen LogP) is 3.60. The third-order valence-electron chi connectivity index (χ3n) is 5.15. The molecule has 0 saturated carbocycles. The summed E-state index contributed by atoms with van der Waals surface area (Å²) in [6.45, 7) is 4.62. The summed E-state index contributed by atoms with van der Waals surface area (Å²) < 4.78 is 19.6. The molecule has 1 aromatic carbocycles. The minimum atomic E-state index is -1.02. The van der Waals surface area contributed by atoms with Gasteiger partial charge in [0.15, 0.2) is 0 Å². The lowest BCUT2D eigenvalue weighted by atomic mass is 9.63. The Morgan fingerprint density at radius 3 is 2.84 bits per heavy atom. The van der Waals surface area contributed by atoms with Gasteiger partial charge in [0, 0.05) is 4.48 Å². The van der Waals surface area contributed by atoms with Crippen LogP contribution in [0, 0.1) is 11.7 Å². The molecule has 0 spiro atoms. The second-order valence-electron chi connectivity index (χ2n) is 6.57. The molecular weight excluding hydrogens is 389 g/mol. The van der Waals surface area contributed by atoms with E-state index in [0.717, 1.165) is 15.8 Å². The van der Waals surface area contributed by atoms with Crippen LogP contribution in [-0.4, -0.2) is 30.8 Å². The molecule has 4 rings (SSSR count). The molecule has 0 amide bonds. The molecule has 0 N–H and O–H groups in total. The zero-order valence-corrected chi connectivity index (χ0v) is 15.3. The number of hydrogen-bond donors (Lipinski definition) is 0. The van der Waals surface area contributed by atoms with Crippen LogP contribution < -0.4 is 0 Å². The third kappa shape index (κ3) is 2.31. The number of esters is 1. The van der Waals surface area contributed by atoms with Gasteiger partial charge in [0.05, 0.1) is 25.3 Å². The number of carbonyl (C=O) groups excluding carboxylic acids is 1. The average molecular weight is 406 g/mol. The fourth-order valence-electron chi connectivity index (χ4n) is 4.18. The highest BCUT2D eigenvalue weighted by Crippen LogP contribution is 2.55. The van der Waals surface area contributed by atoms with Gasteiger partial charge in [-0.25, -0.2) is 4.39 Å². The van der Waals surface area contributed by atoms with Crippen LogP contribution in [0.15, 0.2) is 58.7 Å². The summed E-state index contributed by atoms with van der Waals surface area (Å²) in [5.74, 6) is -0.985. The summed E-state index contributed by atoms with van der Waals surface area (Å²) in [6.07, 6.45) is 4.02. The second-order valence-corrected chi connectivity index (χ2v) is 7.43. The first-order valence-corrected chi connectivity index (χ1v) is 8.80. The molecule has 4 bridgehead atoms. The molecule has 1 unspecified atom stereocenters. The van der Waals surface area contributed by atoms with Crippen LogP contribution >= 0.6 is 15.9 Å². The molecule has 1 aliphatic carbocycles. The van der Waals surface area contributed by atoms with Crippen LogP contribution in [0.25, 0.3) is 0 Å². The van der Waals surface area contributed by atoms with Crippen LogP contribution in [0.5, 0.6) is 0 Å². The zero-order valence-electron chi connectivity index (χ0n) is 13.7. The van der Waals surface area contributed by atoms with Crippen molar-refractivity contribution in [2.24, 2.45) is 5.92 Å². The van der Waals surface area contributed by atoms with Gasteiger partial charge in [0.25, 0.3) is 0 Å². The van der Waals surface area contributed by atoms with E-state index in [0.29, 0.717) is 18.5 Å². The highest BCUT2D eigenvalue weighted by Gasteiger charge is 2.60. The van der Waals surface area contributed by atoms with Gasteiger partial charge in [-0.2, -0.15) is 0 Å². The van der Waals surface area contributed by atoms with Crippen molar-refractivity contribution in [1.82, 2.24) is 5.06 Å². The first-order valence-electron chi connectivity index (χ1n) is 8.00. The van der Waals surface area contributed by atoms with Crippen molar-refractivity contribution in [2.75, 3.05) is 13.7 Å². The lowest BCUT2D eigenvalue weighted by Gasteiger charge is -2.38. The van der Waals surface area contributed by atoms with E-state index in [-0.39, 0.29) is 23.8 Å². The Balaban J connectivity index is 1.98. The quantitative estimate of drug-likeness (QED) is 0.556. The lowest BCUT2D eigenvalue weighted by Crippen LogP contribution is -2.48. The first-order chi connectivity index (χ1) is 12.0. The number of hydroxylamine groups is 2. The number of methoxy groups -OCH3 is 1. The van der Waals surface area contributed by atoms with Gasteiger partial charge >= 0.3 is 5.97 Å². The maximum Gasteiger partial charge on any atom is 0.317 e. The van der Waals surface area contributed by atoms with Crippen molar-refractivity contribution >= 4 is 21.9 Å². The van der Waals surface area contributed by atoms with Gasteiger partial charge in [-0.3, -0.25) is 14.7 Å². The lowest BCUT2D eigenvalue weighted by molar-refractivity contribution is -0.153. The Morgan fingerprint density at radius 1 is 1.44 bits per heavy atom. The number of carbonyl (C=O) groups is 1. The van der Waals surface area contributed by atoms with Crippen molar-refractivity contribution in [1.29, 1.82) is 0 Å². The molecule has 3 aliphatic rings. The first kappa shape index (κ1) is 16.5. The van der Waals surface area contributed by atoms with Crippen LogP contribution in [-0.2, 0) is 19.8 Å². The van der Waals surface area contributed by atoms with Gasteiger partial charge in [-0.15, -0.1) is 0 Å². The van der Waals surface area contributed by atoms with Gasteiger partial charge in [0.2, 0.25) is 0 Å². The number of halogens is 2. The van der Waals surface area contributed by atoms with Crippen molar-refractivity contribution in [3.63, 3.8) is 0 Å². The van der Waals surface area contributed by atoms with Crippen LogP contribution in [0.4, 0.5) is 4.39 Å². The third-order valence-corrected chi connectivity index (χ3v) is 5.82. The molecule has 2 heterocycles. The molecule has 0 aromatic heterocycles. The van der Waals surface area contributed by atoms with Gasteiger partial charge in [-0.05, 0) is 46.1 Å². The standard InChI is InChI=1S/C19H17BrFNO3/c1-11-9-19(18(23)24-2,12-3-5-13(21)6-4-12)16-15-8-7-14(20)17(16)22(10-11)25-15/h3-8,15-16H,1,9-10H2,2H3/t15-,16?,19-/m1/s1. The minimum Gasteiger partial charge on any atom is -0.468 e. The fraction of sp³-hybridized carbons (Fsp3) is 0.316. The highest BCUT2D eigenvalue weighted by atomic mass is 79.9. The number of benzene rings is 1. The highest BCUT2D eigenvalue weighted by molar-refractivity contribution is 9.11. The molecular formula is C19H17BrFNO3. The van der Waals surface area contributed by atoms with E-state index >= 15 is 0 Å². The van der Waals surface area contributed by atoms with Gasteiger partial charge in [-0.1, -0.05) is 30.4 Å². The largest absolute Gasteiger partial charge is 0.468 e. The maximum absolute atomic E-state index is 13.5. The van der Waals surface area contributed by atoms with Gasteiger partial charge in [0.1, 0.15) is 17.3 Å². The molecule has 130 valence electrons. The smallest absolute Gasteiger partial charge is 0.317 e. The van der Waals surface area contributed by atoms with E-state index in [1.54, 1.807) is 17.2 Å².